The molecule has 0 heterocycles. The molecule has 1 fully saturated rings. The van der Waals surface area contributed by atoms with E-state index in [9.17, 15) is 0 Å². The molecule has 2 heteroatoms. The van der Waals surface area contributed by atoms with Crippen LogP contribution in [0.3, 0.4) is 0 Å². The molecule has 1 aliphatic rings. The predicted octanol–water partition coefficient (Wildman–Crippen LogP) is 1.52. The number of aliphatic hydroxyl groups excluding tert-OH is 1. The van der Waals surface area contributed by atoms with E-state index in [-0.39, 0.29) is 7.53 Å². The Hall–Kier alpha value is -0.0800. The number of aliphatic hydroxyl groups is 1. The highest BCUT2D eigenvalue weighted by atomic mass is 16.3. The second-order valence-corrected chi connectivity index (χ2v) is 2.57. The summed E-state index contributed by atoms with van der Waals surface area (Å²) >= 11 is 0. The zero-order valence-corrected chi connectivity index (χ0v) is 7.01. The highest BCUT2D eigenvalue weighted by Gasteiger charge is 2.14. The van der Waals surface area contributed by atoms with Crippen molar-refractivity contribution in [3.63, 3.8) is 0 Å². The lowest BCUT2D eigenvalue weighted by atomic mass is 9.94. The van der Waals surface area contributed by atoms with Gasteiger partial charge in [-0.3, -0.25) is 0 Å². The Kier molecular flexibility index (Phi) is 5.64. The smallest absolute Gasteiger partial charge is 0.0541 e. The van der Waals surface area contributed by atoms with Gasteiger partial charge in [-0.2, -0.15) is 0 Å². The quantitative estimate of drug-likeness (QED) is 0.545. The normalized spacial score (nSPS) is 32.4. The molecule has 3 N–H and O–H groups in total. The minimum absolute atomic E-state index is 0. The molecule has 0 aromatic rings. The van der Waals surface area contributed by atoms with Crippen LogP contribution in [0.2, 0.25) is 0 Å². The van der Waals surface area contributed by atoms with Crippen LogP contribution in [0.25, 0.3) is 0 Å². The van der Waals surface area contributed by atoms with Crippen molar-refractivity contribution in [3.8, 4) is 0 Å². The average molecular weight is 147 g/mol. The molecule has 0 aliphatic heterocycles. The van der Waals surface area contributed by atoms with Crippen LogP contribution < -0.4 is 5.73 Å². The lowest BCUT2D eigenvalue weighted by Crippen LogP contribution is -2.28. The van der Waals surface area contributed by atoms with E-state index in [1.54, 1.807) is 0 Å². The van der Waals surface area contributed by atoms with E-state index in [2.05, 4.69) is 0 Å². The minimum atomic E-state index is -0.0604. The second-order valence-electron chi connectivity index (χ2n) is 2.57. The molecule has 0 spiro atoms. The Morgan fingerprint density at radius 1 is 1.20 bits per heavy atom. The molecular weight excluding hydrogens is 126 g/mol. The van der Waals surface area contributed by atoms with E-state index < -0.39 is 0 Å². The van der Waals surface area contributed by atoms with Crippen molar-refractivity contribution in [1.29, 1.82) is 0 Å². The van der Waals surface area contributed by atoms with E-state index in [1.807, 2.05) is 13.8 Å². The number of hydrogen-bond donors (Lipinski definition) is 2. The van der Waals surface area contributed by atoms with Gasteiger partial charge < -0.3 is 10.8 Å². The summed E-state index contributed by atoms with van der Waals surface area (Å²) in [6.07, 6.45) is 3.75. The van der Waals surface area contributed by atoms with Gasteiger partial charge in [0.2, 0.25) is 0 Å². The van der Waals surface area contributed by atoms with E-state index in [0.29, 0.717) is 6.04 Å². The molecule has 64 valence electrons. The Bertz CT molecular complexity index is 62.5. The van der Waals surface area contributed by atoms with Gasteiger partial charge in [-0.25, -0.2) is 0 Å². The molecule has 10 heavy (non-hydrogen) atoms. The minimum Gasteiger partial charge on any atom is -0.393 e. The summed E-state index contributed by atoms with van der Waals surface area (Å²) in [5.41, 5.74) is 5.59. The molecule has 1 rings (SSSR count). The van der Waals surface area contributed by atoms with Crippen molar-refractivity contribution in [2.24, 2.45) is 5.73 Å². The SMILES string of the molecule is CC.NC1CCC(O)CC1.[HH]. The summed E-state index contributed by atoms with van der Waals surface area (Å²) in [4.78, 5) is 0. The van der Waals surface area contributed by atoms with Gasteiger partial charge in [0.25, 0.3) is 0 Å². The lowest BCUT2D eigenvalue weighted by molar-refractivity contribution is 0.123. The van der Waals surface area contributed by atoms with Crippen molar-refractivity contribution < 1.29 is 6.53 Å². The highest BCUT2D eigenvalue weighted by molar-refractivity contribution is 4.72. The Morgan fingerprint density at radius 3 is 1.90 bits per heavy atom. The summed E-state index contributed by atoms with van der Waals surface area (Å²) in [5, 5.41) is 8.97. The first-order valence-electron chi connectivity index (χ1n) is 4.22. The van der Waals surface area contributed by atoms with Gasteiger partial charge in [0.15, 0.2) is 0 Å². The summed E-state index contributed by atoms with van der Waals surface area (Å²) < 4.78 is 0. The fourth-order valence-corrected chi connectivity index (χ4v) is 1.10. The van der Waals surface area contributed by atoms with Crippen molar-refractivity contribution in [3.05, 3.63) is 0 Å². The largest absolute Gasteiger partial charge is 0.393 e. The first-order valence-corrected chi connectivity index (χ1v) is 4.22. The summed E-state index contributed by atoms with van der Waals surface area (Å²) in [6.45, 7) is 4.00. The van der Waals surface area contributed by atoms with E-state index >= 15 is 0 Å². The van der Waals surface area contributed by atoms with Gasteiger partial charge >= 0.3 is 0 Å². The zero-order chi connectivity index (χ0) is 7.98. The van der Waals surface area contributed by atoms with E-state index in [0.717, 1.165) is 25.7 Å². The molecule has 0 aromatic heterocycles. The summed E-state index contributed by atoms with van der Waals surface area (Å²) in [6, 6.07) is 0.360. The van der Waals surface area contributed by atoms with Crippen LogP contribution >= 0.6 is 0 Å². The molecule has 2 nitrogen and oxygen atoms in total. The lowest BCUT2D eigenvalue weighted by Gasteiger charge is -2.21. The van der Waals surface area contributed by atoms with Crippen LogP contribution in [0.15, 0.2) is 0 Å². The van der Waals surface area contributed by atoms with Crippen molar-refractivity contribution in [1.82, 2.24) is 0 Å². The van der Waals surface area contributed by atoms with Gasteiger partial charge in [0.1, 0.15) is 0 Å². The van der Waals surface area contributed by atoms with Gasteiger partial charge in [0, 0.05) is 7.47 Å². The predicted molar refractivity (Wildman–Crippen MR) is 45.9 cm³/mol. The Labute approximate surface area is 64.9 Å². The maximum atomic E-state index is 8.97. The number of nitrogens with two attached hydrogens (primary N) is 1. The van der Waals surface area contributed by atoms with Crippen LogP contribution in [0.4, 0.5) is 0 Å². The van der Waals surface area contributed by atoms with Gasteiger partial charge in [-0.15, -0.1) is 0 Å². The first kappa shape index (κ1) is 9.92. The molecule has 0 bridgehead atoms. The fraction of sp³-hybridized carbons (Fsp3) is 1.00. The van der Waals surface area contributed by atoms with E-state index in [4.69, 9.17) is 10.8 Å². The van der Waals surface area contributed by atoms with Crippen LogP contribution in [0.1, 0.15) is 41.0 Å². The topological polar surface area (TPSA) is 46.2 Å². The fourth-order valence-electron chi connectivity index (χ4n) is 1.10. The van der Waals surface area contributed by atoms with Crippen molar-refractivity contribution in [2.45, 2.75) is 51.7 Å². The molecule has 0 unspecified atom stereocenters. The molecule has 0 atom stereocenters. The van der Waals surface area contributed by atoms with Crippen molar-refractivity contribution in [2.75, 3.05) is 0 Å². The maximum absolute atomic E-state index is 8.97. The number of hydrogen-bond acceptors (Lipinski definition) is 2. The number of rotatable bonds is 0. The van der Waals surface area contributed by atoms with Gasteiger partial charge in [0.05, 0.1) is 6.10 Å². The van der Waals surface area contributed by atoms with Gasteiger partial charge in [-0.1, -0.05) is 13.8 Å². The average Bonchev–Trinajstić information content (AvgIpc) is 2.00. The molecule has 0 saturated heterocycles. The molecule has 1 aliphatic carbocycles. The Balaban J connectivity index is 0. The monoisotopic (exact) mass is 147 g/mol. The standard InChI is InChI=1S/C6H13NO.C2H6.H2/c7-5-1-3-6(8)4-2-5;1-2;/h5-6,8H,1-4,7H2;1-2H3;1H. The highest BCUT2D eigenvalue weighted by Crippen LogP contribution is 2.15. The van der Waals surface area contributed by atoms with Crippen molar-refractivity contribution >= 4 is 0 Å². The molecule has 0 amide bonds. The molecular formula is C8H21NO. The van der Waals surface area contributed by atoms with Crippen LogP contribution in [-0.2, 0) is 0 Å². The third-order valence-electron chi connectivity index (χ3n) is 1.74. The van der Waals surface area contributed by atoms with Crippen LogP contribution in [0, 0.1) is 0 Å². The van der Waals surface area contributed by atoms with Crippen LogP contribution in [-0.4, -0.2) is 17.3 Å². The molecule has 0 radical (unpaired) electrons. The Morgan fingerprint density at radius 2 is 1.60 bits per heavy atom. The van der Waals surface area contributed by atoms with Gasteiger partial charge in [-0.05, 0) is 25.7 Å². The van der Waals surface area contributed by atoms with Crippen LogP contribution in [0.5, 0.6) is 0 Å². The first-order chi connectivity index (χ1) is 4.79. The maximum Gasteiger partial charge on any atom is 0.0541 e. The summed E-state index contributed by atoms with van der Waals surface area (Å²) in [7, 11) is 0. The zero-order valence-electron chi connectivity index (χ0n) is 7.01. The molecule has 1 saturated carbocycles. The summed E-state index contributed by atoms with van der Waals surface area (Å²) in [5.74, 6) is 0. The van der Waals surface area contributed by atoms with E-state index in [1.165, 1.54) is 0 Å². The molecule has 0 aromatic carbocycles. The third kappa shape index (κ3) is 3.85. The second kappa shape index (κ2) is 5.69. The third-order valence-corrected chi connectivity index (χ3v) is 1.74.